The number of anilines is 1. The van der Waals surface area contributed by atoms with Crippen LogP contribution in [0.5, 0.6) is 0 Å². The van der Waals surface area contributed by atoms with Gasteiger partial charge < -0.3 is 15.1 Å². The minimum atomic E-state index is 0.499. The van der Waals surface area contributed by atoms with E-state index in [1.807, 2.05) is 0 Å². The van der Waals surface area contributed by atoms with E-state index in [4.69, 9.17) is 4.42 Å². The number of nitrogens with zero attached hydrogens (tertiary/aromatic N) is 2. The van der Waals surface area contributed by atoms with Crippen LogP contribution in [0.2, 0.25) is 0 Å². The second-order valence-corrected chi connectivity index (χ2v) is 5.77. The third-order valence-electron chi connectivity index (χ3n) is 3.85. The molecule has 0 aromatic carbocycles. The minimum absolute atomic E-state index is 0.499. The maximum atomic E-state index is 5.60. The molecule has 2 saturated carbocycles. The fourth-order valence-corrected chi connectivity index (χ4v) is 2.64. The maximum Gasteiger partial charge on any atom is 0.315 e. The highest BCUT2D eigenvalue weighted by Gasteiger charge is 2.22. The van der Waals surface area contributed by atoms with E-state index in [0.29, 0.717) is 30.5 Å². The molecule has 0 bridgehead atoms. The fourth-order valence-electron chi connectivity index (χ4n) is 2.64. The van der Waals surface area contributed by atoms with E-state index in [-0.39, 0.29) is 0 Å². The number of aromatic nitrogens is 2. The van der Waals surface area contributed by atoms with Crippen molar-refractivity contribution in [2.24, 2.45) is 5.92 Å². The van der Waals surface area contributed by atoms with Crippen molar-refractivity contribution >= 4 is 6.01 Å². The molecule has 100 valence electrons. The second kappa shape index (κ2) is 5.26. The van der Waals surface area contributed by atoms with Crippen LogP contribution in [0.4, 0.5) is 6.01 Å². The molecule has 2 atom stereocenters. The molecule has 2 aliphatic carbocycles. The highest BCUT2D eigenvalue weighted by molar-refractivity contribution is 5.19. The predicted octanol–water partition coefficient (Wildman–Crippen LogP) is 2.31. The zero-order valence-corrected chi connectivity index (χ0v) is 11.0. The van der Waals surface area contributed by atoms with E-state index in [1.165, 1.54) is 38.5 Å². The summed E-state index contributed by atoms with van der Waals surface area (Å²) in [5.41, 5.74) is 0. The number of hydrogen-bond donors (Lipinski definition) is 2. The van der Waals surface area contributed by atoms with Crippen LogP contribution in [-0.4, -0.2) is 22.3 Å². The molecule has 2 fully saturated rings. The molecule has 0 aliphatic heterocycles. The molecule has 0 amide bonds. The van der Waals surface area contributed by atoms with Crippen LogP contribution in [-0.2, 0) is 6.54 Å². The van der Waals surface area contributed by atoms with Crippen LogP contribution in [0.3, 0.4) is 0 Å². The lowest BCUT2D eigenvalue weighted by molar-refractivity contribution is 0.352. The summed E-state index contributed by atoms with van der Waals surface area (Å²) >= 11 is 0. The van der Waals surface area contributed by atoms with Gasteiger partial charge in [0.1, 0.15) is 0 Å². The SMILES string of the molecule is CC1CCCC(Nc2nnc(CNC3CC3)o2)C1. The van der Waals surface area contributed by atoms with Gasteiger partial charge in [0, 0.05) is 12.1 Å². The first-order chi connectivity index (χ1) is 8.79. The summed E-state index contributed by atoms with van der Waals surface area (Å²) in [6.45, 7) is 3.01. The first-order valence-electron chi connectivity index (χ1n) is 7.12. The standard InChI is InChI=1S/C13H22N4O/c1-9-3-2-4-11(7-9)15-13-17-16-12(18-13)8-14-10-5-6-10/h9-11,14H,2-8H2,1H3,(H,15,17). The molecule has 0 radical (unpaired) electrons. The van der Waals surface area contributed by atoms with Gasteiger partial charge in [-0.2, -0.15) is 0 Å². The average molecular weight is 250 g/mol. The van der Waals surface area contributed by atoms with E-state index in [2.05, 4.69) is 27.8 Å². The van der Waals surface area contributed by atoms with Crippen molar-refractivity contribution in [3.05, 3.63) is 5.89 Å². The van der Waals surface area contributed by atoms with Crippen molar-refractivity contribution in [1.82, 2.24) is 15.5 Å². The Bertz CT molecular complexity index is 388. The van der Waals surface area contributed by atoms with Crippen LogP contribution in [0.25, 0.3) is 0 Å². The Morgan fingerprint density at radius 2 is 2.06 bits per heavy atom. The van der Waals surface area contributed by atoms with Crippen molar-refractivity contribution in [3.63, 3.8) is 0 Å². The molecular weight excluding hydrogens is 228 g/mol. The lowest BCUT2D eigenvalue weighted by Gasteiger charge is -2.26. The highest BCUT2D eigenvalue weighted by atomic mass is 16.4. The summed E-state index contributed by atoms with van der Waals surface area (Å²) in [5.74, 6) is 1.49. The summed E-state index contributed by atoms with van der Waals surface area (Å²) in [4.78, 5) is 0. The van der Waals surface area contributed by atoms with Crippen LogP contribution in [0.15, 0.2) is 4.42 Å². The van der Waals surface area contributed by atoms with E-state index >= 15 is 0 Å². The van der Waals surface area contributed by atoms with Crippen molar-refractivity contribution < 1.29 is 4.42 Å². The van der Waals surface area contributed by atoms with Crippen molar-refractivity contribution in [2.45, 2.75) is 64.1 Å². The van der Waals surface area contributed by atoms with Gasteiger partial charge in [0.25, 0.3) is 0 Å². The molecule has 5 heteroatoms. The monoisotopic (exact) mass is 250 g/mol. The molecule has 18 heavy (non-hydrogen) atoms. The Balaban J connectivity index is 1.49. The van der Waals surface area contributed by atoms with Gasteiger partial charge in [0.2, 0.25) is 5.89 Å². The summed E-state index contributed by atoms with van der Waals surface area (Å²) < 4.78 is 5.60. The molecule has 2 unspecified atom stereocenters. The predicted molar refractivity (Wildman–Crippen MR) is 69.2 cm³/mol. The van der Waals surface area contributed by atoms with Gasteiger partial charge in [-0.15, -0.1) is 5.10 Å². The first kappa shape index (κ1) is 12.0. The smallest absolute Gasteiger partial charge is 0.315 e. The zero-order chi connectivity index (χ0) is 12.4. The van der Waals surface area contributed by atoms with Gasteiger partial charge in [-0.05, 0) is 31.6 Å². The van der Waals surface area contributed by atoms with Gasteiger partial charge in [-0.1, -0.05) is 24.9 Å². The molecule has 0 saturated heterocycles. The second-order valence-electron chi connectivity index (χ2n) is 5.77. The van der Waals surface area contributed by atoms with Gasteiger partial charge >= 0.3 is 6.01 Å². The molecular formula is C13H22N4O. The lowest BCUT2D eigenvalue weighted by atomic mass is 9.87. The Kier molecular flexibility index (Phi) is 3.50. The Morgan fingerprint density at radius 1 is 1.17 bits per heavy atom. The molecule has 2 N–H and O–H groups in total. The van der Waals surface area contributed by atoms with E-state index in [9.17, 15) is 0 Å². The number of rotatable bonds is 5. The largest absolute Gasteiger partial charge is 0.407 e. The average Bonchev–Trinajstić information content (AvgIpc) is 3.08. The first-order valence-corrected chi connectivity index (χ1v) is 7.12. The van der Waals surface area contributed by atoms with Gasteiger partial charge in [0.05, 0.1) is 6.54 Å². The molecule has 1 heterocycles. The Labute approximate surface area is 108 Å². The summed E-state index contributed by atoms with van der Waals surface area (Å²) in [6.07, 6.45) is 7.61. The molecule has 5 nitrogen and oxygen atoms in total. The van der Waals surface area contributed by atoms with Crippen LogP contribution in [0, 0.1) is 5.92 Å². The zero-order valence-electron chi connectivity index (χ0n) is 11.0. The van der Waals surface area contributed by atoms with Crippen molar-refractivity contribution in [3.8, 4) is 0 Å². The van der Waals surface area contributed by atoms with E-state index < -0.39 is 0 Å². The topological polar surface area (TPSA) is 63.0 Å². The summed E-state index contributed by atoms with van der Waals surface area (Å²) in [5, 5.41) is 14.9. The lowest BCUT2D eigenvalue weighted by Crippen LogP contribution is -2.26. The normalized spacial score (nSPS) is 28.3. The minimum Gasteiger partial charge on any atom is -0.407 e. The van der Waals surface area contributed by atoms with Crippen LogP contribution < -0.4 is 10.6 Å². The fraction of sp³-hybridized carbons (Fsp3) is 0.846. The maximum absolute atomic E-state index is 5.60. The quantitative estimate of drug-likeness (QED) is 0.839. The van der Waals surface area contributed by atoms with Crippen LogP contribution >= 0.6 is 0 Å². The number of hydrogen-bond acceptors (Lipinski definition) is 5. The molecule has 1 aromatic heterocycles. The van der Waals surface area contributed by atoms with E-state index in [0.717, 1.165) is 5.92 Å². The highest BCUT2D eigenvalue weighted by Crippen LogP contribution is 2.26. The summed E-state index contributed by atoms with van der Waals surface area (Å²) in [6, 6.07) is 1.76. The van der Waals surface area contributed by atoms with Gasteiger partial charge in [-0.25, -0.2) is 0 Å². The van der Waals surface area contributed by atoms with Crippen molar-refractivity contribution in [2.75, 3.05) is 5.32 Å². The molecule has 3 rings (SSSR count). The third kappa shape index (κ3) is 3.22. The molecule has 2 aliphatic rings. The summed E-state index contributed by atoms with van der Waals surface area (Å²) in [7, 11) is 0. The number of nitrogens with one attached hydrogen (secondary N) is 2. The van der Waals surface area contributed by atoms with Crippen molar-refractivity contribution in [1.29, 1.82) is 0 Å². The van der Waals surface area contributed by atoms with Gasteiger partial charge in [-0.3, -0.25) is 0 Å². The van der Waals surface area contributed by atoms with Gasteiger partial charge in [0.15, 0.2) is 0 Å². The molecule has 0 spiro atoms. The Hall–Kier alpha value is -1.10. The van der Waals surface area contributed by atoms with E-state index in [1.54, 1.807) is 0 Å². The van der Waals surface area contributed by atoms with Crippen LogP contribution in [0.1, 0.15) is 51.3 Å². The molecule has 1 aromatic rings. The third-order valence-corrected chi connectivity index (χ3v) is 3.85. The Morgan fingerprint density at radius 3 is 2.83 bits per heavy atom.